The molecule has 0 unspecified atom stereocenters. The number of benzene rings is 1. The van der Waals surface area contributed by atoms with Gasteiger partial charge in [0.2, 0.25) is 0 Å². The van der Waals surface area contributed by atoms with Gasteiger partial charge in [-0.25, -0.2) is 4.39 Å². The van der Waals surface area contributed by atoms with Gasteiger partial charge in [0.15, 0.2) is 0 Å². The molecule has 3 N–H and O–H groups in total. The summed E-state index contributed by atoms with van der Waals surface area (Å²) >= 11 is 0. The van der Waals surface area contributed by atoms with Crippen molar-refractivity contribution < 1.29 is 14.3 Å². The van der Waals surface area contributed by atoms with Gasteiger partial charge in [0.05, 0.1) is 18.2 Å². The van der Waals surface area contributed by atoms with E-state index in [1.165, 1.54) is 18.2 Å². The van der Waals surface area contributed by atoms with Gasteiger partial charge in [-0.05, 0) is 31.0 Å². The Morgan fingerprint density at radius 1 is 1.45 bits per heavy atom. The van der Waals surface area contributed by atoms with E-state index in [1.54, 1.807) is 4.90 Å². The maximum absolute atomic E-state index is 13.8. The molecule has 0 saturated carbocycles. The molecule has 1 aliphatic heterocycles. The quantitative estimate of drug-likeness (QED) is 0.743. The molecule has 1 aromatic rings. The van der Waals surface area contributed by atoms with Crippen molar-refractivity contribution in [3.63, 3.8) is 0 Å². The number of nitrogens with zero attached hydrogens (tertiary/aromatic N) is 1. The van der Waals surface area contributed by atoms with Crippen molar-refractivity contribution in [2.45, 2.75) is 18.9 Å². The standard InChI is InChI=1S/C15H17FN2O2/c16-14-4-3-11(2-1-7-17)10-13(14)15(20)18-8-5-12(19)6-9-18/h3-4,10,12,19H,5-9,17H2. The van der Waals surface area contributed by atoms with Crippen LogP contribution in [0.3, 0.4) is 0 Å². The summed E-state index contributed by atoms with van der Waals surface area (Å²) in [7, 11) is 0. The van der Waals surface area contributed by atoms with Crippen LogP contribution in [-0.2, 0) is 0 Å². The number of hydrogen-bond acceptors (Lipinski definition) is 3. The van der Waals surface area contributed by atoms with Crippen LogP contribution in [0.2, 0.25) is 0 Å². The molecule has 0 atom stereocenters. The van der Waals surface area contributed by atoms with Crippen LogP contribution in [0.15, 0.2) is 18.2 Å². The van der Waals surface area contributed by atoms with Gasteiger partial charge in [-0.2, -0.15) is 0 Å². The normalized spacial score (nSPS) is 15.7. The van der Waals surface area contributed by atoms with Gasteiger partial charge < -0.3 is 15.7 Å². The highest BCUT2D eigenvalue weighted by molar-refractivity contribution is 5.95. The van der Waals surface area contributed by atoms with Crippen LogP contribution in [0.4, 0.5) is 4.39 Å². The molecule has 0 aromatic heterocycles. The van der Waals surface area contributed by atoms with E-state index in [9.17, 15) is 14.3 Å². The minimum Gasteiger partial charge on any atom is -0.393 e. The summed E-state index contributed by atoms with van der Waals surface area (Å²) in [5.74, 6) is 4.55. The number of piperidine rings is 1. The number of aliphatic hydroxyl groups is 1. The summed E-state index contributed by atoms with van der Waals surface area (Å²) in [6.45, 7) is 1.10. The Morgan fingerprint density at radius 2 is 2.15 bits per heavy atom. The highest BCUT2D eigenvalue weighted by atomic mass is 19.1. The molecule has 1 aliphatic rings. The van der Waals surface area contributed by atoms with E-state index in [-0.39, 0.29) is 24.1 Å². The van der Waals surface area contributed by atoms with Gasteiger partial charge in [-0.3, -0.25) is 4.79 Å². The SMILES string of the molecule is NCC#Cc1ccc(F)c(C(=O)N2CCC(O)CC2)c1. The minimum atomic E-state index is -0.556. The Hall–Kier alpha value is -1.90. The first-order valence-corrected chi connectivity index (χ1v) is 6.57. The van der Waals surface area contributed by atoms with Crippen molar-refractivity contribution in [3.8, 4) is 11.8 Å². The molecular weight excluding hydrogens is 259 g/mol. The van der Waals surface area contributed by atoms with E-state index >= 15 is 0 Å². The second kappa shape index (κ2) is 6.51. The summed E-state index contributed by atoms with van der Waals surface area (Å²) in [6, 6.07) is 4.21. The summed E-state index contributed by atoms with van der Waals surface area (Å²) in [5, 5.41) is 9.43. The van der Waals surface area contributed by atoms with Gasteiger partial charge in [-0.15, -0.1) is 0 Å². The average Bonchev–Trinajstić information content (AvgIpc) is 2.46. The monoisotopic (exact) mass is 276 g/mol. The molecular formula is C15H17FN2O2. The van der Waals surface area contributed by atoms with Crippen LogP contribution in [0.5, 0.6) is 0 Å². The number of carbonyl (C=O) groups is 1. The Kier molecular flexibility index (Phi) is 4.72. The first kappa shape index (κ1) is 14.5. The fraction of sp³-hybridized carbons (Fsp3) is 0.400. The zero-order chi connectivity index (χ0) is 14.5. The van der Waals surface area contributed by atoms with Crippen molar-refractivity contribution in [1.82, 2.24) is 4.90 Å². The predicted molar refractivity (Wildman–Crippen MR) is 73.5 cm³/mol. The molecule has 20 heavy (non-hydrogen) atoms. The lowest BCUT2D eigenvalue weighted by molar-refractivity contribution is 0.0542. The number of hydrogen-bond donors (Lipinski definition) is 2. The summed E-state index contributed by atoms with van der Waals surface area (Å²) in [6.07, 6.45) is 0.686. The van der Waals surface area contributed by atoms with Gasteiger partial charge in [0.25, 0.3) is 5.91 Å². The Bertz CT molecular complexity index is 555. The molecule has 1 aromatic carbocycles. The topological polar surface area (TPSA) is 66.6 Å². The van der Waals surface area contributed by atoms with E-state index in [4.69, 9.17) is 5.73 Å². The van der Waals surface area contributed by atoms with Crippen molar-refractivity contribution in [3.05, 3.63) is 35.1 Å². The molecule has 2 rings (SSSR count). The largest absolute Gasteiger partial charge is 0.393 e. The number of amides is 1. The van der Waals surface area contributed by atoms with Crippen molar-refractivity contribution in [1.29, 1.82) is 0 Å². The summed E-state index contributed by atoms with van der Waals surface area (Å²) in [4.78, 5) is 13.8. The van der Waals surface area contributed by atoms with Crippen molar-refractivity contribution in [2.24, 2.45) is 5.73 Å². The van der Waals surface area contributed by atoms with Crippen LogP contribution in [0.1, 0.15) is 28.8 Å². The van der Waals surface area contributed by atoms with Gasteiger partial charge >= 0.3 is 0 Å². The van der Waals surface area contributed by atoms with Gasteiger partial charge in [-0.1, -0.05) is 11.8 Å². The molecule has 0 bridgehead atoms. The minimum absolute atomic E-state index is 0.0187. The third-order valence-electron chi connectivity index (χ3n) is 3.28. The molecule has 5 heteroatoms. The lowest BCUT2D eigenvalue weighted by atomic mass is 10.0. The zero-order valence-corrected chi connectivity index (χ0v) is 11.1. The number of rotatable bonds is 1. The predicted octanol–water partition coefficient (Wildman–Crippen LogP) is 0.733. The smallest absolute Gasteiger partial charge is 0.256 e. The van der Waals surface area contributed by atoms with Gasteiger partial charge in [0.1, 0.15) is 5.82 Å². The maximum atomic E-state index is 13.8. The second-order valence-electron chi connectivity index (χ2n) is 4.72. The Balaban J connectivity index is 2.20. The first-order chi connectivity index (χ1) is 9.61. The summed E-state index contributed by atoms with van der Waals surface area (Å²) in [5.41, 5.74) is 5.87. The Morgan fingerprint density at radius 3 is 2.80 bits per heavy atom. The number of likely N-dealkylation sites (tertiary alicyclic amines) is 1. The highest BCUT2D eigenvalue weighted by Gasteiger charge is 2.24. The molecule has 4 nitrogen and oxygen atoms in total. The molecule has 1 saturated heterocycles. The molecule has 1 amide bonds. The lowest BCUT2D eigenvalue weighted by Crippen LogP contribution is -2.40. The zero-order valence-electron chi connectivity index (χ0n) is 11.1. The number of nitrogens with two attached hydrogens (primary N) is 1. The third-order valence-corrected chi connectivity index (χ3v) is 3.28. The first-order valence-electron chi connectivity index (χ1n) is 6.57. The number of aliphatic hydroxyl groups excluding tert-OH is 1. The van der Waals surface area contributed by atoms with Gasteiger partial charge in [0, 0.05) is 18.7 Å². The highest BCUT2D eigenvalue weighted by Crippen LogP contribution is 2.17. The molecule has 1 heterocycles. The van der Waals surface area contributed by atoms with E-state index in [2.05, 4.69) is 11.8 Å². The van der Waals surface area contributed by atoms with Crippen LogP contribution in [-0.4, -0.2) is 41.7 Å². The van der Waals surface area contributed by atoms with Crippen LogP contribution < -0.4 is 5.73 Å². The molecule has 0 radical (unpaired) electrons. The molecule has 0 spiro atoms. The third kappa shape index (κ3) is 3.35. The molecule has 1 fully saturated rings. The summed E-state index contributed by atoms with van der Waals surface area (Å²) < 4.78 is 13.8. The number of carbonyl (C=O) groups excluding carboxylic acids is 1. The lowest BCUT2D eigenvalue weighted by Gasteiger charge is -2.29. The van der Waals surface area contributed by atoms with E-state index < -0.39 is 5.82 Å². The Labute approximate surface area is 117 Å². The fourth-order valence-electron chi connectivity index (χ4n) is 2.16. The van der Waals surface area contributed by atoms with Crippen LogP contribution in [0.25, 0.3) is 0 Å². The molecule has 106 valence electrons. The number of halogens is 1. The molecule has 0 aliphatic carbocycles. The van der Waals surface area contributed by atoms with E-state index in [1.807, 2.05) is 0 Å². The van der Waals surface area contributed by atoms with Crippen LogP contribution in [0, 0.1) is 17.7 Å². The van der Waals surface area contributed by atoms with Crippen LogP contribution >= 0.6 is 0 Å². The fourth-order valence-corrected chi connectivity index (χ4v) is 2.16. The van der Waals surface area contributed by atoms with Crippen molar-refractivity contribution >= 4 is 5.91 Å². The van der Waals surface area contributed by atoms with Crippen molar-refractivity contribution in [2.75, 3.05) is 19.6 Å². The maximum Gasteiger partial charge on any atom is 0.256 e. The second-order valence-corrected chi connectivity index (χ2v) is 4.72. The average molecular weight is 276 g/mol. The van der Waals surface area contributed by atoms with E-state index in [0.29, 0.717) is 31.5 Å². The van der Waals surface area contributed by atoms with E-state index in [0.717, 1.165) is 0 Å².